The van der Waals surface area contributed by atoms with Crippen molar-refractivity contribution >= 4 is 6.03 Å². The average molecular weight is 212 g/mol. The van der Waals surface area contributed by atoms with Crippen LogP contribution in [0.1, 0.15) is 25.7 Å². The van der Waals surface area contributed by atoms with Gasteiger partial charge in [0, 0.05) is 12.6 Å². The highest BCUT2D eigenvalue weighted by molar-refractivity contribution is 5.74. The smallest absolute Gasteiger partial charge is 0.316 e. The Morgan fingerprint density at radius 3 is 2.67 bits per heavy atom. The first-order valence-corrected chi connectivity index (χ1v) is 5.86. The molecule has 0 aromatic rings. The molecule has 0 radical (unpaired) electrons. The lowest BCUT2D eigenvalue weighted by Gasteiger charge is -2.24. The van der Waals surface area contributed by atoms with Crippen LogP contribution in [0.4, 0.5) is 4.79 Å². The zero-order chi connectivity index (χ0) is 10.5. The van der Waals surface area contributed by atoms with Gasteiger partial charge in [-0.05, 0) is 38.8 Å². The maximum absolute atomic E-state index is 11.6. The summed E-state index contributed by atoms with van der Waals surface area (Å²) in [7, 11) is 0. The van der Waals surface area contributed by atoms with Crippen molar-refractivity contribution in [1.82, 2.24) is 21.3 Å². The van der Waals surface area contributed by atoms with Crippen LogP contribution >= 0.6 is 0 Å². The standard InChI is InChI=1S/C10H20N4O/c15-10(14-9-4-2-6-12-9)13-8-3-1-5-11-7-8/h8-9,11-12H,1-7H2,(H2,13,14,15). The molecule has 2 saturated heterocycles. The fourth-order valence-electron chi connectivity index (χ4n) is 2.17. The first-order chi connectivity index (χ1) is 7.34. The Kier molecular flexibility index (Phi) is 3.80. The molecule has 0 aromatic heterocycles. The Hall–Kier alpha value is -0.810. The topological polar surface area (TPSA) is 65.2 Å². The van der Waals surface area contributed by atoms with Crippen LogP contribution in [0.15, 0.2) is 0 Å². The molecule has 2 fully saturated rings. The Bertz CT molecular complexity index is 209. The Morgan fingerprint density at radius 1 is 1.13 bits per heavy atom. The second kappa shape index (κ2) is 5.32. The van der Waals surface area contributed by atoms with Crippen molar-refractivity contribution in [2.24, 2.45) is 0 Å². The summed E-state index contributed by atoms with van der Waals surface area (Å²) in [5.74, 6) is 0. The summed E-state index contributed by atoms with van der Waals surface area (Å²) in [5, 5.41) is 12.4. The summed E-state index contributed by atoms with van der Waals surface area (Å²) in [6, 6.07) is 0.253. The zero-order valence-electron chi connectivity index (χ0n) is 9.01. The molecule has 0 spiro atoms. The van der Waals surface area contributed by atoms with Gasteiger partial charge < -0.3 is 16.0 Å². The number of hydrogen-bond donors (Lipinski definition) is 4. The minimum atomic E-state index is -0.0388. The molecular formula is C10H20N4O. The van der Waals surface area contributed by atoms with Crippen molar-refractivity contribution in [2.45, 2.75) is 37.9 Å². The van der Waals surface area contributed by atoms with E-state index in [-0.39, 0.29) is 12.2 Å². The van der Waals surface area contributed by atoms with Gasteiger partial charge in [-0.3, -0.25) is 5.32 Å². The quantitative estimate of drug-likeness (QED) is 0.510. The highest BCUT2D eigenvalue weighted by Gasteiger charge is 2.19. The Labute approximate surface area is 90.4 Å². The SMILES string of the molecule is O=C(NC1CCCNC1)NC1CCCN1. The fourth-order valence-corrected chi connectivity index (χ4v) is 2.17. The van der Waals surface area contributed by atoms with Crippen LogP contribution in [0.3, 0.4) is 0 Å². The molecule has 2 amide bonds. The van der Waals surface area contributed by atoms with Crippen LogP contribution in [-0.4, -0.2) is 37.9 Å². The van der Waals surface area contributed by atoms with Gasteiger partial charge in [0.05, 0.1) is 6.17 Å². The summed E-state index contributed by atoms with van der Waals surface area (Å²) in [5.41, 5.74) is 0. The van der Waals surface area contributed by atoms with Gasteiger partial charge in [0.2, 0.25) is 0 Å². The van der Waals surface area contributed by atoms with Gasteiger partial charge in [0.15, 0.2) is 0 Å². The van der Waals surface area contributed by atoms with E-state index >= 15 is 0 Å². The molecule has 5 heteroatoms. The number of amides is 2. The van der Waals surface area contributed by atoms with E-state index < -0.39 is 0 Å². The third-order valence-electron chi connectivity index (χ3n) is 3.00. The van der Waals surface area contributed by atoms with E-state index in [9.17, 15) is 4.79 Å². The third kappa shape index (κ3) is 3.35. The number of hydrogen-bond acceptors (Lipinski definition) is 3. The van der Waals surface area contributed by atoms with E-state index in [0.717, 1.165) is 45.3 Å². The van der Waals surface area contributed by atoms with Gasteiger partial charge in [-0.25, -0.2) is 4.79 Å². The van der Waals surface area contributed by atoms with E-state index in [1.807, 2.05) is 0 Å². The predicted octanol–water partition coefficient (Wildman–Crippen LogP) is -0.253. The lowest BCUT2D eigenvalue weighted by atomic mass is 10.1. The van der Waals surface area contributed by atoms with Gasteiger partial charge in [0.25, 0.3) is 0 Å². The van der Waals surface area contributed by atoms with Gasteiger partial charge in [-0.15, -0.1) is 0 Å². The van der Waals surface area contributed by atoms with E-state index in [1.165, 1.54) is 0 Å². The molecule has 2 aliphatic heterocycles. The Morgan fingerprint density at radius 2 is 2.00 bits per heavy atom. The molecule has 86 valence electrons. The second-order valence-electron chi connectivity index (χ2n) is 4.31. The van der Waals surface area contributed by atoms with Crippen molar-refractivity contribution in [3.8, 4) is 0 Å². The Balaban J connectivity index is 1.66. The highest BCUT2D eigenvalue weighted by atomic mass is 16.2. The summed E-state index contributed by atoms with van der Waals surface area (Å²) >= 11 is 0. The van der Waals surface area contributed by atoms with Crippen molar-refractivity contribution in [3.63, 3.8) is 0 Å². The first-order valence-electron chi connectivity index (χ1n) is 5.86. The van der Waals surface area contributed by atoms with E-state index in [4.69, 9.17) is 0 Å². The minimum absolute atomic E-state index is 0.0388. The molecule has 4 N–H and O–H groups in total. The van der Waals surface area contributed by atoms with Gasteiger partial charge in [0.1, 0.15) is 0 Å². The monoisotopic (exact) mass is 212 g/mol. The number of piperidine rings is 1. The molecule has 5 nitrogen and oxygen atoms in total. The number of carbonyl (C=O) groups excluding carboxylic acids is 1. The molecule has 2 heterocycles. The number of rotatable bonds is 2. The van der Waals surface area contributed by atoms with Crippen molar-refractivity contribution in [3.05, 3.63) is 0 Å². The summed E-state index contributed by atoms with van der Waals surface area (Å²) in [6.07, 6.45) is 4.58. The molecule has 2 rings (SSSR count). The highest BCUT2D eigenvalue weighted by Crippen LogP contribution is 2.03. The van der Waals surface area contributed by atoms with Gasteiger partial charge in [-0.2, -0.15) is 0 Å². The molecule has 2 atom stereocenters. The minimum Gasteiger partial charge on any atom is -0.334 e. The summed E-state index contributed by atoms with van der Waals surface area (Å²) in [4.78, 5) is 11.6. The number of urea groups is 1. The molecule has 0 aliphatic carbocycles. The molecule has 0 bridgehead atoms. The van der Waals surface area contributed by atoms with E-state index in [1.54, 1.807) is 0 Å². The van der Waals surface area contributed by atoms with Gasteiger partial charge >= 0.3 is 6.03 Å². The number of nitrogens with one attached hydrogen (secondary N) is 4. The molecule has 2 unspecified atom stereocenters. The van der Waals surface area contributed by atoms with Crippen LogP contribution in [0.2, 0.25) is 0 Å². The van der Waals surface area contributed by atoms with Crippen LogP contribution in [0, 0.1) is 0 Å². The maximum Gasteiger partial charge on any atom is 0.316 e. The summed E-state index contributed by atoms with van der Waals surface area (Å²) in [6.45, 7) is 2.98. The lowest BCUT2D eigenvalue weighted by Crippen LogP contribution is -2.52. The molecule has 0 aromatic carbocycles. The van der Waals surface area contributed by atoms with Crippen molar-refractivity contribution in [2.75, 3.05) is 19.6 Å². The van der Waals surface area contributed by atoms with Crippen molar-refractivity contribution in [1.29, 1.82) is 0 Å². The molecule has 0 saturated carbocycles. The lowest BCUT2D eigenvalue weighted by molar-refractivity contribution is 0.229. The molecule has 15 heavy (non-hydrogen) atoms. The van der Waals surface area contributed by atoms with Crippen LogP contribution in [0.5, 0.6) is 0 Å². The van der Waals surface area contributed by atoms with E-state index in [0.29, 0.717) is 6.04 Å². The van der Waals surface area contributed by atoms with Crippen molar-refractivity contribution < 1.29 is 4.79 Å². The zero-order valence-corrected chi connectivity index (χ0v) is 9.01. The average Bonchev–Trinajstić information content (AvgIpc) is 2.71. The summed E-state index contributed by atoms with van der Waals surface area (Å²) < 4.78 is 0. The van der Waals surface area contributed by atoms with Gasteiger partial charge in [-0.1, -0.05) is 0 Å². The van der Waals surface area contributed by atoms with Crippen LogP contribution < -0.4 is 21.3 Å². The molecule has 2 aliphatic rings. The first kappa shape index (κ1) is 10.7. The maximum atomic E-state index is 11.6. The molecular weight excluding hydrogens is 192 g/mol. The van der Waals surface area contributed by atoms with E-state index in [2.05, 4.69) is 21.3 Å². The van der Waals surface area contributed by atoms with Crippen LogP contribution in [0.25, 0.3) is 0 Å². The second-order valence-corrected chi connectivity index (χ2v) is 4.31. The fraction of sp³-hybridized carbons (Fsp3) is 0.900. The predicted molar refractivity (Wildman–Crippen MR) is 58.6 cm³/mol. The third-order valence-corrected chi connectivity index (χ3v) is 3.00. The normalized spacial score (nSPS) is 31.2. The largest absolute Gasteiger partial charge is 0.334 e. The van der Waals surface area contributed by atoms with Crippen LogP contribution in [-0.2, 0) is 0 Å². The number of carbonyl (C=O) groups is 1.